The fourth-order valence-corrected chi connectivity index (χ4v) is 5.18. The molecule has 0 spiro atoms. The van der Waals surface area contributed by atoms with Gasteiger partial charge in [0.05, 0.1) is 0 Å². The first-order valence-electron chi connectivity index (χ1n) is 14.8. The lowest BCUT2D eigenvalue weighted by Gasteiger charge is -2.23. The van der Waals surface area contributed by atoms with Gasteiger partial charge in [-0.15, -0.1) is 0 Å². The van der Waals surface area contributed by atoms with E-state index in [1.165, 1.54) is 11.1 Å². The maximum absolute atomic E-state index is 13.2. The number of carboxylic acid groups (broad SMARTS) is 1. The smallest absolute Gasteiger partial charge is 0.326 e. The first kappa shape index (κ1) is 30.3. The molecule has 5 aromatic carbocycles. The molecule has 0 aliphatic rings. The van der Waals surface area contributed by atoms with Crippen LogP contribution in [-0.4, -0.2) is 41.1 Å². The standard InChI is InChI=1S/C38H36N2O4/c41-37(39-36(38(42)43)26-32-19-10-11-22-35(32)31-17-8-3-9-18-31)33-20-12-21-34(25-33)44-24-23-40(27-29-13-4-1-5-14-29)28-30-15-6-2-7-16-30/h1-22,25,36H,23-24,26-28H2,(H,39,41)(H,42,43). The second kappa shape index (κ2) is 15.3. The summed E-state index contributed by atoms with van der Waals surface area (Å²) in [5.41, 5.74) is 5.57. The lowest BCUT2D eigenvalue weighted by atomic mass is 9.95. The third kappa shape index (κ3) is 8.66. The molecular formula is C38H36N2O4. The summed E-state index contributed by atoms with van der Waals surface area (Å²) in [6.45, 7) is 2.68. The highest BCUT2D eigenvalue weighted by Gasteiger charge is 2.23. The minimum absolute atomic E-state index is 0.154. The number of benzene rings is 5. The van der Waals surface area contributed by atoms with Crippen LogP contribution >= 0.6 is 0 Å². The molecule has 0 heterocycles. The van der Waals surface area contributed by atoms with E-state index in [0.29, 0.717) is 24.5 Å². The molecule has 6 nitrogen and oxygen atoms in total. The molecule has 0 saturated carbocycles. The monoisotopic (exact) mass is 584 g/mol. The second-order valence-corrected chi connectivity index (χ2v) is 10.6. The van der Waals surface area contributed by atoms with E-state index in [1.807, 2.05) is 91.0 Å². The van der Waals surface area contributed by atoms with E-state index in [-0.39, 0.29) is 6.42 Å². The van der Waals surface area contributed by atoms with Crippen molar-refractivity contribution in [3.63, 3.8) is 0 Å². The van der Waals surface area contributed by atoms with E-state index in [0.717, 1.165) is 29.8 Å². The molecule has 0 radical (unpaired) electrons. The predicted molar refractivity (Wildman–Crippen MR) is 173 cm³/mol. The minimum Gasteiger partial charge on any atom is -0.492 e. The molecule has 1 atom stereocenters. The quantitative estimate of drug-likeness (QED) is 0.149. The Balaban J connectivity index is 1.22. The van der Waals surface area contributed by atoms with E-state index < -0.39 is 17.9 Å². The Hall–Kier alpha value is -5.20. The largest absolute Gasteiger partial charge is 0.492 e. The highest BCUT2D eigenvalue weighted by atomic mass is 16.5. The Kier molecular flexibility index (Phi) is 10.5. The number of carbonyl (C=O) groups is 2. The Labute approximate surface area is 258 Å². The van der Waals surface area contributed by atoms with Crippen LogP contribution < -0.4 is 10.1 Å². The molecule has 0 aromatic heterocycles. The summed E-state index contributed by atoms with van der Waals surface area (Å²) in [6.07, 6.45) is 0.154. The van der Waals surface area contributed by atoms with Gasteiger partial charge < -0.3 is 15.2 Å². The topological polar surface area (TPSA) is 78.9 Å². The van der Waals surface area contributed by atoms with E-state index in [2.05, 4.69) is 34.5 Å². The van der Waals surface area contributed by atoms with E-state index in [1.54, 1.807) is 24.3 Å². The molecule has 0 saturated heterocycles. The summed E-state index contributed by atoms with van der Waals surface area (Å²) in [5.74, 6) is -1.00. The summed E-state index contributed by atoms with van der Waals surface area (Å²) in [4.78, 5) is 27.7. The molecular weight excluding hydrogens is 548 g/mol. The van der Waals surface area contributed by atoms with Crippen molar-refractivity contribution < 1.29 is 19.4 Å². The van der Waals surface area contributed by atoms with Crippen molar-refractivity contribution in [2.24, 2.45) is 0 Å². The van der Waals surface area contributed by atoms with Crippen LogP contribution in [0.1, 0.15) is 27.0 Å². The van der Waals surface area contributed by atoms with Crippen LogP contribution in [0.4, 0.5) is 0 Å². The Morgan fingerprint density at radius 3 is 1.93 bits per heavy atom. The van der Waals surface area contributed by atoms with Crippen LogP contribution in [0, 0.1) is 0 Å². The van der Waals surface area contributed by atoms with Crippen LogP contribution in [0.2, 0.25) is 0 Å². The molecule has 222 valence electrons. The van der Waals surface area contributed by atoms with Crippen molar-refractivity contribution in [1.82, 2.24) is 10.2 Å². The average Bonchev–Trinajstić information content (AvgIpc) is 3.06. The first-order chi connectivity index (χ1) is 21.5. The van der Waals surface area contributed by atoms with Gasteiger partial charge in [0, 0.05) is 31.6 Å². The molecule has 44 heavy (non-hydrogen) atoms. The van der Waals surface area contributed by atoms with Gasteiger partial charge in [0.1, 0.15) is 18.4 Å². The van der Waals surface area contributed by atoms with Crippen molar-refractivity contribution in [3.05, 3.63) is 162 Å². The maximum atomic E-state index is 13.2. The number of rotatable bonds is 14. The number of aliphatic carboxylic acids is 1. The minimum atomic E-state index is -1.10. The van der Waals surface area contributed by atoms with Gasteiger partial charge in [-0.3, -0.25) is 9.69 Å². The van der Waals surface area contributed by atoms with Gasteiger partial charge in [-0.25, -0.2) is 4.79 Å². The number of carbonyl (C=O) groups excluding carboxylic acids is 1. The molecule has 5 aromatic rings. The van der Waals surface area contributed by atoms with Gasteiger partial charge in [0.25, 0.3) is 5.91 Å². The predicted octanol–water partition coefficient (Wildman–Crippen LogP) is 6.86. The molecule has 1 unspecified atom stereocenters. The Morgan fingerprint density at radius 1 is 0.705 bits per heavy atom. The zero-order valence-electron chi connectivity index (χ0n) is 24.5. The molecule has 6 heteroatoms. The number of hydrogen-bond donors (Lipinski definition) is 2. The number of amides is 1. The number of ether oxygens (including phenoxy) is 1. The SMILES string of the molecule is O=C(NC(Cc1ccccc1-c1ccccc1)C(=O)O)c1cccc(OCCN(Cc2ccccc2)Cc2ccccc2)c1. The first-order valence-corrected chi connectivity index (χ1v) is 14.8. The fourth-order valence-electron chi connectivity index (χ4n) is 5.18. The summed E-state index contributed by atoms with van der Waals surface area (Å²) >= 11 is 0. The van der Waals surface area contributed by atoms with Gasteiger partial charge in [-0.05, 0) is 46.0 Å². The van der Waals surface area contributed by atoms with Gasteiger partial charge in [-0.2, -0.15) is 0 Å². The third-order valence-electron chi connectivity index (χ3n) is 7.40. The zero-order chi connectivity index (χ0) is 30.6. The van der Waals surface area contributed by atoms with Gasteiger partial charge in [-0.1, -0.05) is 121 Å². The van der Waals surface area contributed by atoms with Crippen LogP contribution in [-0.2, 0) is 24.3 Å². The van der Waals surface area contributed by atoms with Crippen LogP contribution in [0.25, 0.3) is 11.1 Å². The molecule has 5 rings (SSSR count). The molecule has 0 bridgehead atoms. The van der Waals surface area contributed by atoms with Gasteiger partial charge in [0.15, 0.2) is 0 Å². The summed E-state index contributed by atoms with van der Waals surface area (Å²) in [5, 5.41) is 12.7. The number of nitrogens with zero attached hydrogens (tertiary/aromatic N) is 1. The summed E-state index contributed by atoms with van der Waals surface area (Å²) in [7, 11) is 0. The van der Waals surface area contributed by atoms with Crippen LogP contribution in [0.15, 0.2) is 140 Å². The second-order valence-electron chi connectivity index (χ2n) is 10.6. The van der Waals surface area contributed by atoms with Crippen molar-refractivity contribution in [2.75, 3.05) is 13.2 Å². The van der Waals surface area contributed by atoms with Crippen LogP contribution in [0.5, 0.6) is 5.75 Å². The normalized spacial score (nSPS) is 11.6. The molecule has 0 aliphatic carbocycles. The zero-order valence-corrected chi connectivity index (χ0v) is 24.5. The van der Waals surface area contributed by atoms with Crippen molar-refractivity contribution in [3.8, 4) is 16.9 Å². The van der Waals surface area contributed by atoms with E-state index in [9.17, 15) is 14.7 Å². The number of nitrogens with one attached hydrogen (secondary N) is 1. The molecule has 2 N–H and O–H groups in total. The summed E-state index contributed by atoms with van der Waals surface area (Å²) in [6, 6.07) is 43.9. The molecule has 1 amide bonds. The van der Waals surface area contributed by atoms with Gasteiger partial charge in [0.2, 0.25) is 0 Å². The maximum Gasteiger partial charge on any atom is 0.326 e. The lowest BCUT2D eigenvalue weighted by molar-refractivity contribution is -0.139. The fraction of sp³-hybridized carbons (Fsp3) is 0.158. The van der Waals surface area contributed by atoms with E-state index in [4.69, 9.17) is 4.74 Å². The van der Waals surface area contributed by atoms with Crippen LogP contribution in [0.3, 0.4) is 0 Å². The highest BCUT2D eigenvalue weighted by Crippen LogP contribution is 2.25. The van der Waals surface area contributed by atoms with Gasteiger partial charge >= 0.3 is 5.97 Å². The number of carboxylic acids is 1. The molecule has 0 fully saturated rings. The Bertz CT molecular complexity index is 1600. The lowest BCUT2D eigenvalue weighted by Crippen LogP contribution is -2.42. The third-order valence-corrected chi connectivity index (χ3v) is 7.40. The van der Waals surface area contributed by atoms with Crippen molar-refractivity contribution in [1.29, 1.82) is 0 Å². The summed E-state index contributed by atoms with van der Waals surface area (Å²) < 4.78 is 6.08. The average molecular weight is 585 g/mol. The van der Waals surface area contributed by atoms with Crippen molar-refractivity contribution in [2.45, 2.75) is 25.6 Å². The Morgan fingerprint density at radius 2 is 1.30 bits per heavy atom. The highest BCUT2D eigenvalue weighted by molar-refractivity contribution is 5.97. The van der Waals surface area contributed by atoms with Crippen molar-refractivity contribution >= 4 is 11.9 Å². The molecule has 0 aliphatic heterocycles. The van der Waals surface area contributed by atoms with E-state index >= 15 is 0 Å². The number of hydrogen-bond acceptors (Lipinski definition) is 4.